The Morgan fingerprint density at radius 2 is 0.710 bits per heavy atom. The van der Waals surface area contributed by atoms with Crippen LogP contribution in [0.15, 0.2) is 0 Å². The van der Waals surface area contributed by atoms with Gasteiger partial charge in [-0.25, -0.2) is 9.59 Å². The van der Waals surface area contributed by atoms with Crippen molar-refractivity contribution in [2.45, 2.75) is 196 Å². The number of rotatable bonds is 71. The van der Waals surface area contributed by atoms with E-state index in [-0.39, 0.29) is 231 Å². The first-order valence-corrected chi connectivity index (χ1v) is 43.7. The number of carboxylic acid groups (broad SMARTS) is 4. The molecule has 706 valence electrons. The van der Waals surface area contributed by atoms with E-state index in [1.54, 1.807) is 0 Å². The van der Waals surface area contributed by atoms with Gasteiger partial charge in [-0.3, -0.25) is 86.3 Å². The van der Waals surface area contributed by atoms with E-state index in [1.807, 2.05) is 0 Å². The number of hydroxylamine groups is 4. The van der Waals surface area contributed by atoms with Crippen molar-refractivity contribution in [2.75, 3.05) is 132 Å². The van der Waals surface area contributed by atoms with E-state index < -0.39 is 168 Å². The minimum Gasteiger partial charge on any atom is -0.481 e. The summed E-state index contributed by atoms with van der Waals surface area (Å²) in [5.74, 6) is -14.7. The Morgan fingerprint density at radius 1 is 0.379 bits per heavy atom. The van der Waals surface area contributed by atoms with E-state index in [0.717, 1.165) is 47.0 Å². The average Bonchev–Trinajstić information content (AvgIpc) is 1.81. The summed E-state index contributed by atoms with van der Waals surface area (Å²) in [6.07, 6.45) is -16.5. The normalized spacial score (nSPS) is 15.4. The van der Waals surface area contributed by atoms with Crippen molar-refractivity contribution in [1.29, 1.82) is 0 Å². The van der Waals surface area contributed by atoms with Gasteiger partial charge in [-0.2, -0.15) is 23.5 Å². The number of aliphatic hydroxyl groups excluding tert-OH is 8. The third-order valence-electron chi connectivity index (χ3n) is 16.8. The first kappa shape index (κ1) is 116. The average molecular weight is 1860 g/mol. The Bertz CT molecular complexity index is 3290. The van der Waals surface area contributed by atoms with Gasteiger partial charge in [-0.05, 0) is 52.5 Å². The van der Waals surface area contributed by atoms with E-state index in [2.05, 4.69) is 36.3 Å². The standard InChI is InChI=1S/C34H57N3O16S2.C22H38N4O12S2.C17H22N2O10/c1-21(38)8-14-52-12-5-13-53-15-9-23(39)16-22(33(48)49)17-54-18-24(40)6-3-11-37-32(47)31(46)30(45)29(44)28(43)26(41)7-4-10-36-27(42)20-55-19-25(35-2)34(50)51;23-12(21(35)36)8-39-7-11(27)3-1-6-26-20(34)19(33)18(32)17(31)16(30)14(28)4-2-5-25-15(29)10-40-9-13(24)22(37)38;20-12-2-3-13(21)18(12)28-16(24)6-10-26-8-1-9-27-11-7-17(25)29-19-14(22)4-5-15(19)23/h22,25,28-31,35,43-46H,3-20H2,1-2H3,(H,36,42)(H,37,47)(H,48,49)(H,50,51);12-13,16-19,30-33H,1-10,23-24H2,(H,25,29)(H,26,34)(H,35,36)(H,37,38);1-11H2/t22?,25?,28-,29+,30+,31-;12?,13?,16-,17+,18+,19-;/m00./s1. The molecule has 0 spiro atoms. The largest absolute Gasteiger partial charge is 0.481 e. The monoisotopic (exact) mass is 1860 g/mol. The number of Topliss-reactive ketones (excluding diaryl/α,β-unsaturated/α-hetero) is 6. The van der Waals surface area contributed by atoms with Crippen molar-refractivity contribution >= 4 is 165 Å². The van der Waals surface area contributed by atoms with Crippen LogP contribution in [-0.4, -0.2) is 388 Å². The fourth-order valence-corrected chi connectivity index (χ4v) is 13.3. The predicted octanol–water partition coefficient (Wildman–Crippen LogP) is -6.99. The molecule has 4 unspecified atom stereocenters. The highest BCUT2D eigenvalue weighted by molar-refractivity contribution is 8.00. The second-order valence-corrected chi connectivity index (χ2v) is 31.4. The minimum absolute atomic E-state index is 0.0155. The fourth-order valence-electron chi connectivity index (χ4n) is 9.60. The van der Waals surface area contributed by atoms with Gasteiger partial charge in [-0.15, -0.1) is 33.7 Å². The van der Waals surface area contributed by atoms with E-state index in [1.165, 1.54) is 14.0 Å². The molecule has 0 aliphatic carbocycles. The molecular formula is C73H117N9O38S4. The maximum atomic E-state index is 12.3. The van der Waals surface area contributed by atoms with E-state index in [9.17, 15) is 142 Å². The maximum Gasteiger partial charge on any atom is 0.335 e. The molecule has 2 heterocycles. The number of carbonyl (C=O) groups excluding carboxylic acids is 16. The first-order valence-electron chi connectivity index (χ1n) is 39.1. The number of aliphatic carboxylic acids is 4. The van der Waals surface area contributed by atoms with Gasteiger partial charge < -0.3 is 128 Å². The van der Waals surface area contributed by atoms with Gasteiger partial charge in [0, 0.05) is 146 Å². The number of amides is 8. The van der Waals surface area contributed by atoms with Crippen LogP contribution in [0.25, 0.3) is 0 Å². The summed E-state index contributed by atoms with van der Waals surface area (Å²) in [6, 6.07) is -3.01. The molecule has 12 atom stereocenters. The van der Waals surface area contributed by atoms with Crippen LogP contribution in [0.2, 0.25) is 0 Å². The molecule has 124 heavy (non-hydrogen) atoms. The van der Waals surface area contributed by atoms with Crippen molar-refractivity contribution in [3.63, 3.8) is 0 Å². The molecule has 0 radical (unpaired) electrons. The van der Waals surface area contributed by atoms with Gasteiger partial charge in [0.15, 0.2) is 23.8 Å². The number of ketones is 6. The zero-order valence-electron chi connectivity index (χ0n) is 68.7. The number of ether oxygens (including phenoxy) is 4. The molecule has 2 fully saturated rings. The number of carbonyl (C=O) groups is 20. The number of thioether (sulfide) groups is 4. The molecule has 8 amide bonds. The number of hydrogen-bond donors (Lipinski definition) is 19. The summed E-state index contributed by atoms with van der Waals surface area (Å²) in [4.78, 5) is 241. The predicted molar refractivity (Wildman–Crippen MR) is 435 cm³/mol. The molecule has 2 saturated heterocycles. The second kappa shape index (κ2) is 68.1. The Morgan fingerprint density at radius 3 is 1.06 bits per heavy atom. The van der Waals surface area contributed by atoms with E-state index in [4.69, 9.17) is 45.7 Å². The summed E-state index contributed by atoms with van der Waals surface area (Å²) >= 11 is 4.21. The minimum atomic E-state index is -2.24. The molecule has 0 bridgehead atoms. The lowest BCUT2D eigenvalue weighted by Crippen LogP contribution is -2.52. The van der Waals surface area contributed by atoms with Crippen LogP contribution < -0.4 is 38.1 Å². The number of nitrogens with zero attached hydrogens (tertiary/aromatic N) is 2. The first-order chi connectivity index (χ1) is 58.6. The number of imide groups is 2. The van der Waals surface area contributed by atoms with Crippen LogP contribution in [0.4, 0.5) is 0 Å². The number of aliphatic hydroxyl groups is 8. The highest BCUT2D eigenvalue weighted by Crippen LogP contribution is 2.19. The third kappa shape index (κ3) is 54.0. The van der Waals surface area contributed by atoms with Gasteiger partial charge >= 0.3 is 35.8 Å². The summed E-state index contributed by atoms with van der Waals surface area (Å²) in [5, 5.41) is 129. The van der Waals surface area contributed by atoms with Gasteiger partial charge in [-0.1, -0.05) is 0 Å². The quantitative estimate of drug-likeness (QED) is 0.0199. The molecule has 21 N–H and O–H groups in total. The van der Waals surface area contributed by atoms with Crippen LogP contribution in [-0.2, 0) is 125 Å². The van der Waals surface area contributed by atoms with Crippen molar-refractivity contribution < 1.29 is 186 Å². The van der Waals surface area contributed by atoms with Crippen LogP contribution >= 0.6 is 47.0 Å². The van der Waals surface area contributed by atoms with Crippen molar-refractivity contribution in [3.05, 3.63) is 0 Å². The highest BCUT2D eigenvalue weighted by Gasteiger charge is 2.40. The van der Waals surface area contributed by atoms with Gasteiger partial charge in [0.25, 0.3) is 35.4 Å². The summed E-state index contributed by atoms with van der Waals surface area (Å²) in [7, 11) is 1.48. The number of nitrogens with one attached hydrogen (secondary N) is 5. The van der Waals surface area contributed by atoms with Gasteiger partial charge in [0.2, 0.25) is 11.8 Å². The SMILES string of the molecule is CNC(CSCC(=O)NCCCC(=O)[C@H](O)[C@@H](O)[C@@H](O)[C@H](O)C(=O)NCCCC(=O)CSCC(CC(=O)CCOCCCOCCC(C)=O)C(=O)O)C(=O)O.NC(CSCC(=O)CCCNC(=O)[C@@H](O)[C@H](O)[C@H](O)[C@@H](O)C(=O)CCCNC(=O)CSCC(N)C(=O)O)C(=O)O.O=C(CCOCCCOCCC(=O)ON1C(=O)CCC1=O)ON1C(=O)CCC1=O. The van der Waals surface area contributed by atoms with Crippen molar-refractivity contribution in [3.8, 4) is 0 Å². The van der Waals surface area contributed by atoms with Crippen molar-refractivity contribution in [1.82, 2.24) is 36.7 Å². The topological polar surface area (TPSA) is 758 Å². The lowest BCUT2D eigenvalue weighted by Gasteiger charge is -2.25. The maximum absolute atomic E-state index is 12.3. The molecule has 2 rings (SSSR count). The summed E-state index contributed by atoms with van der Waals surface area (Å²) in [6.45, 7) is 3.27. The molecule has 51 heteroatoms. The van der Waals surface area contributed by atoms with E-state index in [0.29, 0.717) is 49.2 Å². The smallest absolute Gasteiger partial charge is 0.335 e. The number of likely N-dealkylation sites (N-methyl/N-ethyl adjacent to an activating group) is 1. The number of carboxylic acids is 4. The number of hydrogen-bond acceptors (Lipinski definition) is 41. The van der Waals surface area contributed by atoms with Gasteiger partial charge in [0.1, 0.15) is 77.9 Å². The highest BCUT2D eigenvalue weighted by atomic mass is 32.2. The van der Waals surface area contributed by atoms with Gasteiger partial charge in [0.05, 0.1) is 68.2 Å². The molecule has 47 nitrogen and oxygen atoms in total. The zero-order valence-corrected chi connectivity index (χ0v) is 71.9. The molecule has 2 aliphatic heterocycles. The summed E-state index contributed by atoms with van der Waals surface area (Å²) < 4.78 is 21.1. The molecule has 0 aromatic heterocycles. The van der Waals surface area contributed by atoms with Crippen LogP contribution in [0, 0.1) is 5.92 Å². The number of nitrogens with two attached hydrogens (primary N) is 2. The van der Waals surface area contributed by atoms with Crippen molar-refractivity contribution in [2.24, 2.45) is 17.4 Å². The van der Waals surface area contributed by atoms with Crippen LogP contribution in [0.1, 0.15) is 129 Å². The Labute approximate surface area is 729 Å². The Hall–Kier alpha value is -8.20. The lowest BCUT2D eigenvalue weighted by atomic mass is 9.97. The lowest BCUT2D eigenvalue weighted by molar-refractivity contribution is -0.198. The van der Waals surface area contributed by atoms with Crippen LogP contribution in [0.5, 0.6) is 0 Å². The molecule has 0 aromatic rings. The molecule has 0 saturated carbocycles. The summed E-state index contributed by atoms with van der Waals surface area (Å²) in [5.41, 5.74) is 10.6. The van der Waals surface area contributed by atoms with E-state index >= 15 is 0 Å². The molecule has 0 aromatic carbocycles. The molecular weight excluding hydrogens is 1740 g/mol. The zero-order chi connectivity index (χ0) is 93.8. The Kier molecular flexibility index (Phi) is 63.6. The Balaban J connectivity index is 0.00000192. The third-order valence-corrected chi connectivity index (χ3v) is 21.2. The second-order valence-electron chi connectivity index (χ2n) is 27.3. The van der Waals surface area contributed by atoms with Crippen LogP contribution in [0.3, 0.4) is 0 Å². The fraction of sp³-hybridized carbons (Fsp3) is 0.726. The molecule has 2 aliphatic rings.